The van der Waals surface area contributed by atoms with Crippen molar-refractivity contribution in [2.75, 3.05) is 24.4 Å². The molecule has 0 fully saturated rings. The first-order valence-corrected chi connectivity index (χ1v) is 7.46. The van der Waals surface area contributed by atoms with Crippen molar-refractivity contribution in [2.45, 2.75) is 0 Å². The number of methoxy groups -OCH3 is 1. The van der Waals surface area contributed by atoms with Gasteiger partial charge >= 0.3 is 6.09 Å². The SMILES string of the molecule is COC(=O)N(C)c1ccc(NC(=O)c2cc(F)c(Cl)cc2Cl)cc1. The van der Waals surface area contributed by atoms with Gasteiger partial charge in [0, 0.05) is 18.4 Å². The maximum absolute atomic E-state index is 13.5. The van der Waals surface area contributed by atoms with Gasteiger partial charge in [-0.1, -0.05) is 23.2 Å². The number of carbonyl (C=O) groups excluding carboxylic acids is 2. The standard InChI is InChI=1S/C16H13Cl2FN2O3/c1-21(16(23)24-2)10-5-3-9(4-6-10)20-15(22)11-7-14(19)13(18)8-12(11)17/h3-8H,1-2H3,(H,20,22). The fraction of sp³-hybridized carbons (Fsp3) is 0.125. The van der Waals surface area contributed by atoms with Crippen molar-refractivity contribution in [3.63, 3.8) is 0 Å². The maximum atomic E-state index is 13.5. The largest absolute Gasteiger partial charge is 0.452 e. The first kappa shape index (κ1) is 18.0. The fourth-order valence-corrected chi connectivity index (χ4v) is 2.37. The average Bonchev–Trinajstić information content (AvgIpc) is 2.57. The quantitative estimate of drug-likeness (QED) is 0.803. The van der Waals surface area contributed by atoms with E-state index in [4.69, 9.17) is 23.2 Å². The molecule has 0 saturated carbocycles. The van der Waals surface area contributed by atoms with Crippen molar-refractivity contribution in [1.82, 2.24) is 0 Å². The molecule has 0 aliphatic rings. The number of nitrogens with one attached hydrogen (secondary N) is 1. The summed E-state index contributed by atoms with van der Waals surface area (Å²) < 4.78 is 18.1. The lowest BCUT2D eigenvalue weighted by Crippen LogP contribution is -2.25. The molecule has 24 heavy (non-hydrogen) atoms. The Bertz CT molecular complexity index is 782. The molecule has 126 valence electrons. The number of halogens is 3. The van der Waals surface area contributed by atoms with E-state index in [1.54, 1.807) is 31.3 Å². The second-order valence-electron chi connectivity index (χ2n) is 4.78. The van der Waals surface area contributed by atoms with Crippen LogP contribution in [0.3, 0.4) is 0 Å². The van der Waals surface area contributed by atoms with Crippen LogP contribution in [0.5, 0.6) is 0 Å². The van der Waals surface area contributed by atoms with Gasteiger partial charge < -0.3 is 10.1 Å². The molecular formula is C16H13Cl2FN2O3. The van der Waals surface area contributed by atoms with E-state index in [0.29, 0.717) is 11.4 Å². The lowest BCUT2D eigenvalue weighted by molar-refractivity contribution is 0.102. The summed E-state index contributed by atoms with van der Waals surface area (Å²) in [5.74, 6) is -1.31. The van der Waals surface area contributed by atoms with Gasteiger partial charge in [-0.15, -0.1) is 0 Å². The zero-order chi connectivity index (χ0) is 17.9. The number of amides is 2. The number of hydrogen-bond acceptors (Lipinski definition) is 3. The maximum Gasteiger partial charge on any atom is 0.413 e. The number of carbonyl (C=O) groups is 2. The third-order valence-corrected chi connectivity index (χ3v) is 3.82. The third-order valence-electron chi connectivity index (χ3n) is 3.22. The van der Waals surface area contributed by atoms with Crippen LogP contribution in [-0.4, -0.2) is 26.2 Å². The van der Waals surface area contributed by atoms with E-state index in [-0.39, 0.29) is 15.6 Å². The third kappa shape index (κ3) is 3.96. The van der Waals surface area contributed by atoms with Gasteiger partial charge in [0.25, 0.3) is 5.91 Å². The molecule has 1 N–H and O–H groups in total. The molecule has 0 aromatic heterocycles. The lowest BCUT2D eigenvalue weighted by atomic mass is 10.2. The molecule has 0 bridgehead atoms. The van der Waals surface area contributed by atoms with E-state index >= 15 is 0 Å². The van der Waals surface area contributed by atoms with Crippen molar-refractivity contribution in [3.05, 3.63) is 57.8 Å². The highest BCUT2D eigenvalue weighted by Crippen LogP contribution is 2.25. The van der Waals surface area contributed by atoms with Gasteiger partial charge in [-0.2, -0.15) is 0 Å². The fourth-order valence-electron chi connectivity index (χ4n) is 1.91. The van der Waals surface area contributed by atoms with Crippen LogP contribution in [0.4, 0.5) is 20.6 Å². The molecule has 5 nitrogen and oxygen atoms in total. The summed E-state index contributed by atoms with van der Waals surface area (Å²) >= 11 is 11.5. The summed E-state index contributed by atoms with van der Waals surface area (Å²) in [5, 5.41) is 2.47. The number of nitrogens with zero attached hydrogens (tertiary/aromatic N) is 1. The normalized spacial score (nSPS) is 10.2. The van der Waals surface area contributed by atoms with E-state index in [1.165, 1.54) is 18.1 Å². The Morgan fingerprint density at radius 2 is 1.75 bits per heavy atom. The molecule has 0 spiro atoms. The highest BCUT2D eigenvalue weighted by atomic mass is 35.5. The van der Waals surface area contributed by atoms with Crippen molar-refractivity contribution in [2.24, 2.45) is 0 Å². The molecule has 0 atom stereocenters. The molecule has 2 aromatic carbocycles. The first-order valence-electron chi connectivity index (χ1n) is 6.71. The van der Waals surface area contributed by atoms with Crippen LogP contribution in [0.25, 0.3) is 0 Å². The Hall–Kier alpha value is -2.31. The van der Waals surface area contributed by atoms with Crippen molar-refractivity contribution in [3.8, 4) is 0 Å². The van der Waals surface area contributed by atoms with Gasteiger partial charge in [-0.25, -0.2) is 9.18 Å². The molecule has 2 aromatic rings. The molecular weight excluding hydrogens is 358 g/mol. The van der Waals surface area contributed by atoms with Crippen LogP contribution in [0.1, 0.15) is 10.4 Å². The number of anilines is 2. The van der Waals surface area contributed by atoms with Gasteiger partial charge in [0.15, 0.2) is 0 Å². The summed E-state index contributed by atoms with van der Waals surface area (Å²) in [7, 11) is 2.83. The summed E-state index contributed by atoms with van der Waals surface area (Å²) in [5.41, 5.74) is 0.998. The van der Waals surface area contributed by atoms with Gasteiger partial charge in [0.2, 0.25) is 0 Å². The minimum atomic E-state index is -0.735. The molecule has 0 saturated heterocycles. The minimum absolute atomic E-state index is 0.0330. The molecule has 0 aliphatic heterocycles. The number of benzene rings is 2. The summed E-state index contributed by atoms with van der Waals surface area (Å²) in [6.45, 7) is 0. The molecule has 8 heteroatoms. The predicted molar refractivity (Wildman–Crippen MR) is 91.6 cm³/mol. The van der Waals surface area contributed by atoms with Crippen molar-refractivity contribution in [1.29, 1.82) is 0 Å². The Labute approximate surface area is 147 Å². The minimum Gasteiger partial charge on any atom is -0.452 e. The van der Waals surface area contributed by atoms with Crippen molar-refractivity contribution < 1.29 is 18.7 Å². The monoisotopic (exact) mass is 370 g/mol. The smallest absolute Gasteiger partial charge is 0.413 e. The molecule has 0 unspecified atom stereocenters. The van der Waals surface area contributed by atoms with E-state index < -0.39 is 17.8 Å². The molecule has 0 heterocycles. The Balaban J connectivity index is 2.15. The Morgan fingerprint density at radius 1 is 1.12 bits per heavy atom. The number of ether oxygens (including phenoxy) is 1. The molecule has 0 radical (unpaired) electrons. The summed E-state index contributed by atoms with van der Waals surface area (Å²) in [4.78, 5) is 24.9. The summed E-state index contributed by atoms with van der Waals surface area (Å²) in [6, 6.07) is 8.56. The number of hydrogen-bond donors (Lipinski definition) is 1. The van der Waals surface area contributed by atoms with E-state index in [2.05, 4.69) is 10.1 Å². The Morgan fingerprint density at radius 3 is 2.33 bits per heavy atom. The van der Waals surface area contributed by atoms with Crippen LogP contribution in [0.2, 0.25) is 10.0 Å². The highest BCUT2D eigenvalue weighted by molar-refractivity contribution is 6.37. The van der Waals surface area contributed by atoms with E-state index in [9.17, 15) is 14.0 Å². The highest BCUT2D eigenvalue weighted by Gasteiger charge is 2.15. The van der Waals surface area contributed by atoms with Crippen LogP contribution in [0.15, 0.2) is 36.4 Å². The zero-order valence-corrected chi connectivity index (χ0v) is 14.3. The van der Waals surface area contributed by atoms with Crippen LogP contribution in [0, 0.1) is 5.82 Å². The van der Waals surface area contributed by atoms with Gasteiger partial charge in [0.05, 0.1) is 22.7 Å². The van der Waals surface area contributed by atoms with Crippen LogP contribution in [-0.2, 0) is 4.74 Å². The Kier molecular flexibility index (Phi) is 5.64. The molecule has 0 aliphatic carbocycles. The molecule has 2 amide bonds. The summed E-state index contributed by atoms with van der Waals surface area (Å²) in [6.07, 6.45) is -0.518. The number of rotatable bonds is 3. The lowest BCUT2D eigenvalue weighted by Gasteiger charge is -2.16. The molecule has 2 rings (SSSR count). The predicted octanol–water partition coefficient (Wildman–Crippen LogP) is 4.59. The average molecular weight is 371 g/mol. The van der Waals surface area contributed by atoms with Gasteiger partial charge in [-0.3, -0.25) is 9.69 Å². The van der Waals surface area contributed by atoms with E-state index in [0.717, 1.165) is 6.07 Å². The van der Waals surface area contributed by atoms with E-state index in [1.807, 2.05) is 0 Å². The second kappa shape index (κ2) is 7.51. The van der Waals surface area contributed by atoms with Crippen LogP contribution >= 0.6 is 23.2 Å². The first-order chi connectivity index (χ1) is 11.3. The van der Waals surface area contributed by atoms with Crippen molar-refractivity contribution >= 4 is 46.6 Å². The topological polar surface area (TPSA) is 58.6 Å². The van der Waals surface area contributed by atoms with Gasteiger partial charge in [0.1, 0.15) is 5.82 Å². The zero-order valence-electron chi connectivity index (χ0n) is 12.8. The second-order valence-corrected chi connectivity index (χ2v) is 5.59. The van der Waals surface area contributed by atoms with Gasteiger partial charge in [-0.05, 0) is 36.4 Å². The van der Waals surface area contributed by atoms with Crippen LogP contribution < -0.4 is 10.2 Å².